The summed E-state index contributed by atoms with van der Waals surface area (Å²) < 4.78 is 39.3. The molecule has 2 rings (SSSR count). The number of benzene rings is 1. The zero-order valence-corrected chi connectivity index (χ0v) is 9.51. The first-order valence-corrected chi connectivity index (χ1v) is 5.27. The number of nitrogens with one attached hydrogen (secondary N) is 2. The topological polar surface area (TPSA) is 65.1 Å². The molecule has 0 spiro atoms. The quantitative estimate of drug-likeness (QED) is 0.747. The molecule has 7 heteroatoms. The van der Waals surface area contributed by atoms with E-state index in [1.165, 1.54) is 0 Å². The van der Waals surface area contributed by atoms with Crippen LogP contribution in [-0.4, -0.2) is 16.0 Å². The molecule has 1 aromatic carbocycles. The molecular weight excluding hydrogens is 261 g/mol. The van der Waals surface area contributed by atoms with Gasteiger partial charge >= 0.3 is 0 Å². The second-order valence-electron chi connectivity index (χ2n) is 3.78. The van der Waals surface area contributed by atoms with E-state index in [1.807, 2.05) is 0 Å². The minimum atomic E-state index is -1.72. The van der Waals surface area contributed by atoms with Crippen LogP contribution in [0.5, 0.6) is 5.75 Å². The summed E-state index contributed by atoms with van der Waals surface area (Å²) in [6, 6.07) is 2.08. The van der Waals surface area contributed by atoms with Crippen LogP contribution in [0.4, 0.5) is 13.2 Å². The van der Waals surface area contributed by atoms with E-state index >= 15 is 0 Å². The van der Waals surface area contributed by atoms with Crippen LogP contribution in [0, 0.1) is 17.5 Å². The van der Waals surface area contributed by atoms with E-state index in [0.717, 1.165) is 5.56 Å². The molecule has 0 saturated heterocycles. The lowest BCUT2D eigenvalue weighted by Gasteiger charge is -2.07. The molecule has 0 atom stereocenters. The van der Waals surface area contributed by atoms with Gasteiger partial charge in [-0.3, -0.25) is 4.79 Å². The average molecular weight is 270 g/mol. The fourth-order valence-corrected chi connectivity index (χ4v) is 1.50. The Bertz CT molecular complexity index is 612. The maximum absolute atomic E-state index is 13.4. The van der Waals surface area contributed by atoms with Crippen molar-refractivity contribution in [3.8, 4) is 5.75 Å². The van der Waals surface area contributed by atoms with E-state index in [0.29, 0.717) is 6.07 Å². The molecule has 0 unspecified atom stereocenters. The second-order valence-corrected chi connectivity index (χ2v) is 3.78. The van der Waals surface area contributed by atoms with Crippen molar-refractivity contribution in [3.05, 3.63) is 53.1 Å². The maximum atomic E-state index is 13.4. The molecule has 4 nitrogen and oxygen atoms in total. The molecule has 0 saturated carbocycles. The number of carbonyl (C=O) groups is 1. The number of aromatic hydroxyl groups is 1. The number of carbonyl (C=O) groups excluding carboxylic acids is 1. The number of rotatable bonds is 3. The third kappa shape index (κ3) is 2.54. The zero-order chi connectivity index (χ0) is 14.0. The van der Waals surface area contributed by atoms with Gasteiger partial charge in [-0.25, -0.2) is 8.78 Å². The summed E-state index contributed by atoms with van der Waals surface area (Å²) in [4.78, 5) is 14.4. The third-order valence-electron chi connectivity index (χ3n) is 2.49. The molecule has 3 N–H and O–H groups in total. The molecule has 0 radical (unpaired) electrons. The monoisotopic (exact) mass is 270 g/mol. The Hall–Kier alpha value is -2.44. The van der Waals surface area contributed by atoms with Crippen molar-refractivity contribution in [1.29, 1.82) is 0 Å². The van der Waals surface area contributed by atoms with Crippen LogP contribution < -0.4 is 5.32 Å². The summed E-state index contributed by atoms with van der Waals surface area (Å²) in [6.07, 6.45) is 3.24. The standard InChI is InChI=1S/C12H9F3N2O2/c13-8-3-7(9(14)11(18)10(8)15)12(19)17-5-6-1-2-16-4-6/h1-4,16,18H,5H2,(H,17,19). The molecule has 19 heavy (non-hydrogen) atoms. The molecule has 0 aliphatic rings. The van der Waals surface area contributed by atoms with Gasteiger partial charge in [0.05, 0.1) is 5.56 Å². The number of aromatic amines is 1. The lowest BCUT2D eigenvalue weighted by atomic mass is 10.1. The molecular formula is C12H9F3N2O2. The number of hydrogen-bond acceptors (Lipinski definition) is 2. The van der Waals surface area contributed by atoms with Crippen LogP contribution in [0.2, 0.25) is 0 Å². The molecule has 0 fully saturated rings. The smallest absolute Gasteiger partial charge is 0.254 e. The first-order valence-electron chi connectivity index (χ1n) is 5.27. The van der Waals surface area contributed by atoms with Crippen LogP contribution in [-0.2, 0) is 6.54 Å². The normalized spacial score (nSPS) is 10.5. The fourth-order valence-electron chi connectivity index (χ4n) is 1.50. The summed E-state index contributed by atoms with van der Waals surface area (Å²) in [6.45, 7) is 0.0849. The Morgan fingerprint density at radius 1 is 1.32 bits per heavy atom. The third-order valence-corrected chi connectivity index (χ3v) is 2.49. The van der Waals surface area contributed by atoms with Crippen LogP contribution >= 0.6 is 0 Å². The van der Waals surface area contributed by atoms with Gasteiger partial charge in [0.2, 0.25) is 5.82 Å². The van der Waals surface area contributed by atoms with Gasteiger partial charge in [-0.05, 0) is 17.7 Å². The highest BCUT2D eigenvalue weighted by molar-refractivity contribution is 5.94. The van der Waals surface area contributed by atoms with Gasteiger partial charge in [0.1, 0.15) is 0 Å². The molecule has 0 bridgehead atoms. The Morgan fingerprint density at radius 3 is 2.68 bits per heavy atom. The predicted octanol–water partition coefficient (Wildman–Crippen LogP) is 2.07. The van der Waals surface area contributed by atoms with Gasteiger partial charge in [0.15, 0.2) is 17.4 Å². The predicted molar refractivity (Wildman–Crippen MR) is 59.9 cm³/mol. The minimum absolute atomic E-state index is 0.0849. The van der Waals surface area contributed by atoms with Gasteiger partial charge in [-0.2, -0.15) is 4.39 Å². The van der Waals surface area contributed by atoms with Crippen LogP contribution in [0.3, 0.4) is 0 Å². The second kappa shape index (κ2) is 5.05. The van der Waals surface area contributed by atoms with Crippen molar-refractivity contribution in [1.82, 2.24) is 10.3 Å². The van der Waals surface area contributed by atoms with Crippen molar-refractivity contribution >= 4 is 5.91 Å². The zero-order valence-electron chi connectivity index (χ0n) is 9.51. The van der Waals surface area contributed by atoms with Crippen LogP contribution in [0.15, 0.2) is 24.5 Å². The van der Waals surface area contributed by atoms with Crippen molar-refractivity contribution in [2.75, 3.05) is 0 Å². The number of phenolic OH excluding ortho intramolecular Hbond substituents is 1. The van der Waals surface area contributed by atoms with Gasteiger partial charge in [-0.1, -0.05) is 0 Å². The van der Waals surface area contributed by atoms with Gasteiger partial charge < -0.3 is 15.4 Å². The molecule has 0 aliphatic carbocycles. The van der Waals surface area contributed by atoms with E-state index in [2.05, 4.69) is 10.3 Å². The molecule has 0 aliphatic heterocycles. The number of halogens is 3. The molecule has 1 heterocycles. The Kier molecular flexibility index (Phi) is 3.46. The van der Waals surface area contributed by atoms with Crippen molar-refractivity contribution in [3.63, 3.8) is 0 Å². The van der Waals surface area contributed by atoms with Crippen molar-refractivity contribution < 1.29 is 23.1 Å². The van der Waals surface area contributed by atoms with E-state index in [1.54, 1.807) is 18.5 Å². The highest BCUT2D eigenvalue weighted by atomic mass is 19.2. The molecule has 100 valence electrons. The van der Waals surface area contributed by atoms with Crippen molar-refractivity contribution in [2.45, 2.75) is 6.54 Å². The minimum Gasteiger partial charge on any atom is -0.503 e. The Morgan fingerprint density at radius 2 is 2.05 bits per heavy atom. The SMILES string of the molecule is O=C(NCc1cc[nH]c1)c1cc(F)c(F)c(O)c1F. The van der Waals surface area contributed by atoms with Crippen LogP contribution in [0.1, 0.15) is 15.9 Å². The first-order chi connectivity index (χ1) is 9.00. The van der Waals surface area contributed by atoms with Gasteiger partial charge in [0.25, 0.3) is 5.91 Å². The summed E-state index contributed by atoms with van der Waals surface area (Å²) >= 11 is 0. The van der Waals surface area contributed by atoms with Gasteiger partial charge in [-0.15, -0.1) is 0 Å². The maximum Gasteiger partial charge on any atom is 0.254 e. The number of amides is 1. The van der Waals surface area contributed by atoms with E-state index in [9.17, 15) is 18.0 Å². The lowest BCUT2D eigenvalue weighted by Crippen LogP contribution is -2.24. The van der Waals surface area contributed by atoms with E-state index in [4.69, 9.17) is 5.11 Å². The van der Waals surface area contributed by atoms with E-state index in [-0.39, 0.29) is 6.54 Å². The lowest BCUT2D eigenvalue weighted by molar-refractivity contribution is 0.0945. The van der Waals surface area contributed by atoms with Gasteiger partial charge in [0, 0.05) is 18.9 Å². The van der Waals surface area contributed by atoms with Crippen LogP contribution in [0.25, 0.3) is 0 Å². The Labute approximate surface area is 105 Å². The summed E-state index contributed by atoms with van der Waals surface area (Å²) in [7, 11) is 0. The fraction of sp³-hybridized carbons (Fsp3) is 0.0833. The number of H-pyrrole nitrogens is 1. The largest absolute Gasteiger partial charge is 0.503 e. The number of aromatic nitrogens is 1. The summed E-state index contributed by atoms with van der Waals surface area (Å²) in [5.74, 6) is -7.17. The number of hydrogen-bond donors (Lipinski definition) is 3. The summed E-state index contributed by atoms with van der Waals surface area (Å²) in [5, 5.41) is 11.3. The first kappa shape index (κ1) is 13.0. The Balaban J connectivity index is 2.20. The van der Waals surface area contributed by atoms with Crippen molar-refractivity contribution in [2.24, 2.45) is 0 Å². The highest BCUT2D eigenvalue weighted by Crippen LogP contribution is 2.25. The van der Waals surface area contributed by atoms with E-state index < -0.39 is 34.7 Å². The molecule has 2 aromatic rings. The average Bonchev–Trinajstić information content (AvgIpc) is 2.91. The molecule has 1 amide bonds. The highest BCUT2D eigenvalue weighted by Gasteiger charge is 2.22. The molecule has 1 aromatic heterocycles. The number of phenols is 1. The summed E-state index contributed by atoms with van der Waals surface area (Å²) in [5.41, 5.74) is -0.0347.